The van der Waals surface area contributed by atoms with Gasteiger partial charge in [-0.1, -0.05) is 11.8 Å². The first-order valence-corrected chi connectivity index (χ1v) is 8.17. The summed E-state index contributed by atoms with van der Waals surface area (Å²) in [6.45, 7) is 8.31. The molecule has 0 radical (unpaired) electrons. The zero-order valence-corrected chi connectivity index (χ0v) is 13.8. The lowest BCUT2D eigenvalue weighted by atomic mass is 10.3. The van der Waals surface area contributed by atoms with E-state index < -0.39 is 0 Å². The lowest BCUT2D eigenvalue weighted by Gasteiger charge is -2.28. The van der Waals surface area contributed by atoms with Gasteiger partial charge >= 0.3 is 0 Å². The second-order valence-corrected chi connectivity index (χ2v) is 6.65. The Morgan fingerprint density at radius 2 is 2.05 bits per heavy atom. The molecule has 1 amide bonds. The summed E-state index contributed by atoms with van der Waals surface area (Å²) in [7, 11) is 0. The van der Waals surface area contributed by atoms with Crippen LogP contribution in [-0.2, 0) is 9.53 Å². The highest BCUT2D eigenvalue weighted by atomic mass is 32.2. The normalized spacial score (nSPS) is 17.0. The third kappa shape index (κ3) is 3.07. The first kappa shape index (κ1) is 15.2. The zero-order valence-electron chi connectivity index (χ0n) is 12.9. The average molecular weight is 321 g/mol. The number of nitrogens with zero attached hydrogens (tertiary/aromatic N) is 5. The van der Waals surface area contributed by atoms with E-state index in [-0.39, 0.29) is 11.2 Å². The molecule has 1 aliphatic heterocycles. The van der Waals surface area contributed by atoms with Crippen LogP contribution in [0, 0.1) is 13.8 Å². The molecule has 8 heteroatoms. The van der Waals surface area contributed by atoms with Crippen LogP contribution in [0.25, 0.3) is 5.78 Å². The van der Waals surface area contributed by atoms with E-state index in [1.165, 1.54) is 11.8 Å². The summed E-state index contributed by atoms with van der Waals surface area (Å²) < 4.78 is 6.98. The molecule has 1 atom stereocenters. The van der Waals surface area contributed by atoms with Crippen LogP contribution in [0.15, 0.2) is 11.2 Å². The smallest absolute Gasteiger partial charge is 0.253 e. The monoisotopic (exact) mass is 321 g/mol. The summed E-state index contributed by atoms with van der Waals surface area (Å²) in [5.41, 5.74) is 1.89. The fourth-order valence-corrected chi connectivity index (χ4v) is 3.28. The second-order valence-electron chi connectivity index (χ2n) is 5.34. The van der Waals surface area contributed by atoms with Crippen LogP contribution < -0.4 is 0 Å². The number of carbonyl (C=O) groups is 1. The Hall–Kier alpha value is -1.67. The van der Waals surface area contributed by atoms with E-state index in [1.54, 1.807) is 4.52 Å². The molecule has 2 aromatic heterocycles. The van der Waals surface area contributed by atoms with E-state index in [4.69, 9.17) is 4.74 Å². The highest BCUT2D eigenvalue weighted by Crippen LogP contribution is 2.22. The predicted molar refractivity (Wildman–Crippen MR) is 83.0 cm³/mol. The summed E-state index contributed by atoms with van der Waals surface area (Å²) in [5.74, 6) is 0.680. The zero-order chi connectivity index (χ0) is 15.7. The van der Waals surface area contributed by atoms with Crippen molar-refractivity contribution >= 4 is 23.4 Å². The minimum absolute atomic E-state index is 0.105. The fourth-order valence-electron chi connectivity index (χ4n) is 2.45. The molecule has 1 aliphatic rings. The lowest BCUT2D eigenvalue weighted by Crippen LogP contribution is -2.44. The van der Waals surface area contributed by atoms with Gasteiger partial charge < -0.3 is 9.64 Å². The van der Waals surface area contributed by atoms with Crippen molar-refractivity contribution in [2.45, 2.75) is 31.2 Å². The first-order chi connectivity index (χ1) is 10.5. The number of ether oxygens (including phenoxy) is 1. The molecular weight excluding hydrogens is 302 g/mol. The van der Waals surface area contributed by atoms with Gasteiger partial charge in [-0.3, -0.25) is 4.79 Å². The number of thioether (sulfide) groups is 1. The average Bonchev–Trinajstić information content (AvgIpc) is 2.90. The van der Waals surface area contributed by atoms with Crippen LogP contribution in [0.2, 0.25) is 0 Å². The summed E-state index contributed by atoms with van der Waals surface area (Å²) in [4.78, 5) is 23.0. The van der Waals surface area contributed by atoms with Crippen molar-refractivity contribution in [3.63, 3.8) is 0 Å². The van der Waals surface area contributed by atoms with Gasteiger partial charge in [0, 0.05) is 24.5 Å². The Morgan fingerprint density at radius 1 is 1.32 bits per heavy atom. The molecule has 0 N–H and O–H groups in total. The number of rotatable bonds is 3. The summed E-state index contributed by atoms with van der Waals surface area (Å²) in [6.07, 6.45) is 0. The van der Waals surface area contributed by atoms with Gasteiger partial charge in [-0.15, -0.1) is 5.10 Å². The molecule has 0 saturated carbocycles. The molecule has 0 bridgehead atoms. The SMILES string of the molecule is Cc1cc(C)n2nc(S[C@@H](C)C(=O)N3CCOCC3)nc2n1. The maximum atomic E-state index is 12.4. The van der Waals surface area contributed by atoms with Crippen molar-refractivity contribution < 1.29 is 9.53 Å². The van der Waals surface area contributed by atoms with Crippen molar-refractivity contribution in [2.75, 3.05) is 26.3 Å². The van der Waals surface area contributed by atoms with Gasteiger partial charge in [0.05, 0.1) is 18.5 Å². The Bertz CT molecular complexity index is 696. The van der Waals surface area contributed by atoms with Gasteiger partial charge in [-0.25, -0.2) is 9.50 Å². The number of hydrogen-bond acceptors (Lipinski definition) is 6. The Kier molecular flexibility index (Phi) is 4.30. The van der Waals surface area contributed by atoms with Crippen LogP contribution >= 0.6 is 11.8 Å². The Morgan fingerprint density at radius 3 is 2.77 bits per heavy atom. The van der Waals surface area contributed by atoms with E-state index in [1.807, 2.05) is 31.7 Å². The van der Waals surface area contributed by atoms with Gasteiger partial charge in [0.25, 0.3) is 5.78 Å². The third-order valence-corrected chi connectivity index (χ3v) is 4.49. The van der Waals surface area contributed by atoms with Gasteiger partial charge in [0.1, 0.15) is 0 Å². The standard InChI is InChI=1S/C14H19N5O2S/c1-9-8-10(2)19-13(15-9)16-14(17-19)22-11(3)12(20)18-4-6-21-7-5-18/h8,11H,4-7H2,1-3H3/t11-/m0/s1. The molecule has 0 aromatic carbocycles. The number of fused-ring (bicyclic) bond motifs is 1. The highest BCUT2D eigenvalue weighted by Gasteiger charge is 2.24. The van der Waals surface area contributed by atoms with Crippen molar-refractivity contribution in [1.82, 2.24) is 24.5 Å². The van der Waals surface area contributed by atoms with Crippen LogP contribution in [0.1, 0.15) is 18.3 Å². The highest BCUT2D eigenvalue weighted by molar-refractivity contribution is 8.00. The molecule has 118 valence electrons. The molecule has 3 heterocycles. The van der Waals surface area contributed by atoms with E-state index >= 15 is 0 Å². The molecule has 1 saturated heterocycles. The maximum absolute atomic E-state index is 12.4. The Balaban J connectivity index is 1.74. The third-order valence-electron chi connectivity index (χ3n) is 3.55. The molecule has 7 nitrogen and oxygen atoms in total. The Labute approximate surface area is 133 Å². The predicted octanol–water partition coefficient (Wildman–Crippen LogP) is 1.08. The van der Waals surface area contributed by atoms with Crippen LogP contribution in [0.5, 0.6) is 0 Å². The van der Waals surface area contributed by atoms with Crippen LogP contribution in [0.3, 0.4) is 0 Å². The van der Waals surface area contributed by atoms with Gasteiger partial charge in [-0.2, -0.15) is 4.98 Å². The van der Waals surface area contributed by atoms with E-state index in [2.05, 4.69) is 15.1 Å². The van der Waals surface area contributed by atoms with Crippen LogP contribution in [-0.4, -0.2) is 61.9 Å². The fraction of sp³-hybridized carbons (Fsp3) is 0.571. The number of aromatic nitrogens is 4. The van der Waals surface area contributed by atoms with Gasteiger partial charge in [0.15, 0.2) is 0 Å². The summed E-state index contributed by atoms with van der Waals surface area (Å²) in [6, 6.07) is 1.96. The van der Waals surface area contributed by atoms with Crippen molar-refractivity contribution in [2.24, 2.45) is 0 Å². The molecule has 1 fully saturated rings. The number of aryl methyl sites for hydroxylation is 2. The second kappa shape index (κ2) is 6.21. The molecule has 2 aromatic rings. The van der Waals surface area contributed by atoms with Gasteiger partial charge in [0.2, 0.25) is 11.1 Å². The largest absolute Gasteiger partial charge is 0.378 e. The molecule has 0 spiro atoms. The van der Waals surface area contributed by atoms with Crippen molar-refractivity contribution in [1.29, 1.82) is 0 Å². The van der Waals surface area contributed by atoms with E-state index in [0.29, 0.717) is 37.2 Å². The topological polar surface area (TPSA) is 72.6 Å². The number of hydrogen-bond donors (Lipinski definition) is 0. The lowest BCUT2D eigenvalue weighted by molar-refractivity contribution is -0.134. The van der Waals surface area contributed by atoms with Crippen LogP contribution in [0.4, 0.5) is 0 Å². The molecule has 22 heavy (non-hydrogen) atoms. The van der Waals surface area contributed by atoms with Gasteiger partial charge in [-0.05, 0) is 26.8 Å². The molecule has 3 rings (SSSR count). The maximum Gasteiger partial charge on any atom is 0.253 e. The van der Waals surface area contributed by atoms with Crippen molar-refractivity contribution in [3.8, 4) is 0 Å². The summed E-state index contributed by atoms with van der Waals surface area (Å²) in [5, 5.41) is 4.79. The molecule has 0 unspecified atom stereocenters. The minimum Gasteiger partial charge on any atom is -0.378 e. The van der Waals surface area contributed by atoms with E-state index in [0.717, 1.165) is 11.4 Å². The van der Waals surface area contributed by atoms with Crippen molar-refractivity contribution in [3.05, 3.63) is 17.5 Å². The quantitative estimate of drug-likeness (QED) is 0.788. The minimum atomic E-state index is -0.225. The van der Waals surface area contributed by atoms with E-state index in [9.17, 15) is 4.79 Å². The summed E-state index contributed by atoms with van der Waals surface area (Å²) >= 11 is 1.37. The number of morpholine rings is 1. The molecular formula is C14H19N5O2S. The number of amides is 1. The number of carbonyl (C=O) groups excluding carboxylic acids is 1. The molecule has 0 aliphatic carbocycles. The first-order valence-electron chi connectivity index (χ1n) is 7.29.